The van der Waals surface area contributed by atoms with Crippen molar-refractivity contribution in [3.63, 3.8) is 0 Å². The van der Waals surface area contributed by atoms with E-state index in [0.717, 1.165) is 5.69 Å². The van der Waals surface area contributed by atoms with Crippen molar-refractivity contribution >= 4 is 6.29 Å². The number of rotatable bonds is 7. The van der Waals surface area contributed by atoms with Gasteiger partial charge in [-0.25, -0.2) is 4.98 Å². The fourth-order valence-electron chi connectivity index (χ4n) is 2.51. The number of methoxy groups -OCH3 is 1. The number of carbonyl (C=O) groups is 1. The van der Waals surface area contributed by atoms with Crippen LogP contribution in [0.3, 0.4) is 0 Å². The zero-order chi connectivity index (χ0) is 18.5. The fraction of sp³-hybridized carbons (Fsp3) is 0.278. The third kappa shape index (κ3) is 3.53. The van der Waals surface area contributed by atoms with Crippen LogP contribution in [-0.4, -0.2) is 38.1 Å². The molecular formula is C18H19N5O3. The molecule has 0 aromatic carbocycles. The zero-order valence-electron chi connectivity index (χ0n) is 14.8. The smallest absolute Gasteiger partial charge is 0.213 e. The quantitative estimate of drug-likeness (QED) is 0.603. The van der Waals surface area contributed by atoms with E-state index in [2.05, 4.69) is 20.1 Å². The molecule has 3 rings (SSSR count). The Labute approximate surface area is 150 Å². The van der Waals surface area contributed by atoms with Crippen molar-refractivity contribution in [3.8, 4) is 23.0 Å². The van der Waals surface area contributed by atoms with E-state index >= 15 is 0 Å². The molecule has 3 heterocycles. The van der Waals surface area contributed by atoms with Gasteiger partial charge in [-0.1, -0.05) is 0 Å². The molecule has 8 heteroatoms. The molecule has 0 saturated carbocycles. The topological polar surface area (TPSA) is 92.0 Å². The predicted molar refractivity (Wildman–Crippen MR) is 94.1 cm³/mol. The molecule has 0 aliphatic heterocycles. The second kappa shape index (κ2) is 7.73. The van der Waals surface area contributed by atoms with E-state index in [0.29, 0.717) is 34.9 Å². The minimum absolute atomic E-state index is 0.140. The van der Waals surface area contributed by atoms with Gasteiger partial charge in [-0.05, 0) is 19.9 Å². The SMILES string of the molecule is COc1cc(C=O)c(OCc2nccnc2-c2ccnn2C(C)C)cn1. The van der Waals surface area contributed by atoms with Crippen LogP contribution in [0, 0.1) is 0 Å². The zero-order valence-corrected chi connectivity index (χ0v) is 14.8. The lowest BCUT2D eigenvalue weighted by molar-refractivity contribution is 0.111. The summed E-state index contributed by atoms with van der Waals surface area (Å²) in [6, 6.07) is 3.59. The summed E-state index contributed by atoms with van der Waals surface area (Å²) in [4.78, 5) is 24.2. The van der Waals surface area contributed by atoms with E-state index in [1.165, 1.54) is 19.4 Å². The number of aromatic nitrogens is 5. The molecule has 0 N–H and O–H groups in total. The van der Waals surface area contributed by atoms with Crippen molar-refractivity contribution in [1.82, 2.24) is 24.7 Å². The van der Waals surface area contributed by atoms with Crippen molar-refractivity contribution in [2.75, 3.05) is 7.11 Å². The van der Waals surface area contributed by atoms with Crippen molar-refractivity contribution in [2.24, 2.45) is 0 Å². The molecule has 3 aromatic rings. The molecule has 0 atom stereocenters. The van der Waals surface area contributed by atoms with Gasteiger partial charge >= 0.3 is 0 Å². The summed E-state index contributed by atoms with van der Waals surface area (Å²) in [5.41, 5.74) is 2.54. The Morgan fingerprint density at radius 1 is 1.19 bits per heavy atom. The van der Waals surface area contributed by atoms with Crippen molar-refractivity contribution in [1.29, 1.82) is 0 Å². The summed E-state index contributed by atoms with van der Waals surface area (Å²) in [6.07, 6.45) is 7.11. The Morgan fingerprint density at radius 3 is 2.73 bits per heavy atom. The van der Waals surface area contributed by atoms with E-state index in [-0.39, 0.29) is 12.6 Å². The first-order chi connectivity index (χ1) is 12.6. The summed E-state index contributed by atoms with van der Waals surface area (Å²) >= 11 is 0. The first-order valence-corrected chi connectivity index (χ1v) is 8.09. The lowest BCUT2D eigenvalue weighted by Gasteiger charge is -2.14. The molecule has 0 bridgehead atoms. The van der Waals surface area contributed by atoms with Gasteiger partial charge in [0.25, 0.3) is 0 Å². The van der Waals surface area contributed by atoms with E-state index in [9.17, 15) is 4.79 Å². The molecule has 0 fully saturated rings. The molecule has 8 nitrogen and oxygen atoms in total. The first-order valence-electron chi connectivity index (χ1n) is 8.09. The molecule has 0 aliphatic carbocycles. The average molecular weight is 353 g/mol. The second-order valence-electron chi connectivity index (χ2n) is 5.78. The molecule has 26 heavy (non-hydrogen) atoms. The number of aldehydes is 1. The highest BCUT2D eigenvalue weighted by Crippen LogP contribution is 2.25. The Hall–Kier alpha value is -3.29. The average Bonchev–Trinajstić information content (AvgIpc) is 3.16. The molecule has 134 valence electrons. The Balaban J connectivity index is 1.88. The van der Waals surface area contributed by atoms with Gasteiger partial charge in [0.2, 0.25) is 5.88 Å². The van der Waals surface area contributed by atoms with Crippen molar-refractivity contribution < 1.29 is 14.3 Å². The van der Waals surface area contributed by atoms with E-state index in [1.54, 1.807) is 18.6 Å². The van der Waals surface area contributed by atoms with Crippen LogP contribution in [0.25, 0.3) is 11.4 Å². The highest BCUT2D eigenvalue weighted by molar-refractivity contribution is 5.79. The summed E-state index contributed by atoms with van der Waals surface area (Å²) < 4.78 is 12.7. The molecule has 0 saturated heterocycles. The third-order valence-electron chi connectivity index (χ3n) is 3.75. The Bertz CT molecular complexity index is 907. The van der Waals surface area contributed by atoms with Crippen LogP contribution in [0.1, 0.15) is 35.9 Å². The van der Waals surface area contributed by atoms with Crippen LogP contribution in [0.2, 0.25) is 0 Å². The number of carbonyl (C=O) groups excluding carboxylic acids is 1. The molecule has 3 aromatic heterocycles. The van der Waals surface area contributed by atoms with E-state index < -0.39 is 0 Å². The van der Waals surface area contributed by atoms with E-state index in [4.69, 9.17) is 9.47 Å². The largest absolute Gasteiger partial charge is 0.485 e. The maximum absolute atomic E-state index is 11.3. The second-order valence-corrected chi connectivity index (χ2v) is 5.78. The number of hydrogen-bond donors (Lipinski definition) is 0. The van der Waals surface area contributed by atoms with Crippen LogP contribution in [0.5, 0.6) is 11.6 Å². The highest BCUT2D eigenvalue weighted by Gasteiger charge is 2.16. The third-order valence-corrected chi connectivity index (χ3v) is 3.75. The van der Waals surface area contributed by atoms with Gasteiger partial charge in [0.1, 0.15) is 23.7 Å². The number of ether oxygens (including phenoxy) is 2. The normalized spacial score (nSPS) is 10.8. The maximum atomic E-state index is 11.3. The summed E-state index contributed by atoms with van der Waals surface area (Å²) in [5.74, 6) is 0.704. The Kier molecular flexibility index (Phi) is 5.21. The molecule has 0 aliphatic rings. The first kappa shape index (κ1) is 17.5. The predicted octanol–water partition coefficient (Wildman–Crippen LogP) is 2.72. The van der Waals surface area contributed by atoms with Crippen LogP contribution in [-0.2, 0) is 6.61 Å². The molecule has 0 spiro atoms. The molecule has 0 amide bonds. The van der Waals surface area contributed by atoms with Crippen LogP contribution in [0.15, 0.2) is 36.9 Å². The monoisotopic (exact) mass is 353 g/mol. The van der Waals surface area contributed by atoms with Gasteiger partial charge in [0, 0.05) is 30.7 Å². The summed E-state index contributed by atoms with van der Waals surface area (Å²) in [7, 11) is 1.49. The van der Waals surface area contributed by atoms with Crippen LogP contribution < -0.4 is 9.47 Å². The van der Waals surface area contributed by atoms with Crippen molar-refractivity contribution in [2.45, 2.75) is 26.5 Å². The molecule has 0 unspecified atom stereocenters. The summed E-state index contributed by atoms with van der Waals surface area (Å²) in [6.45, 7) is 4.23. The number of pyridine rings is 1. The number of nitrogens with zero attached hydrogens (tertiary/aromatic N) is 5. The fourth-order valence-corrected chi connectivity index (χ4v) is 2.51. The van der Waals surface area contributed by atoms with Crippen LogP contribution >= 0.6 is 0 Å². The maximum Gasteiger partial charge on any atom is 0.213 e. The van der Waals surface area contributed by atoms with Crippen LogP contribution in [0.4, 0.5) is 0 Å². The molecular weight excluding hydrogens is 334 g/mol. The standard InChI is InChI=1S/C18H19N5O3/c1-12(2)23-15(4-5-22-23)18-14(19-6-7-20-18)11-26-16-9-21-17(25-3)8-13(16)10-24/h4-10,12H,11H2,1-3H3. The lowest BCUT2D eigenvalue weighted by Crippen LogP contribution is -2.09. The molecule has 0 radical (unpaired) electrons. The van der Waals surface area contributed by atoms with Crippen molar-refractivity contribution in [3.05, 3.63) is 48.2 Å². The van der Waals surface area contributed by atoms with E-state index in [1.807, 2.05) is 24.6 Å². The lowest BCUT2D eigenvalue weighted by atomic mass is 10.2. The van der Waals surface area contributed by atoms with Gasteiger partial charge in [0.05, 0.1) is 24.6 Å². The van der Waals surface area contributed by atoms with Gasteiger partial charge in [-0.15, -0.1) is 0 Å². The van der Waals surface area contributed by atoms with Gasteiger partial charge in [-0.3, -0.25) is 19.4 Å². The minimum Gasteiger partial charge on any atom is -0.485 e. The number of hydrogen-bond acceptors (Lipinski definition) is 7. The van der Waals surface area contributed by atoms with Gasteiger partial charge in [-0.2, -0.15) is 5.10 Å². The Morgan fingerprint density at radius 2 is 2.00 bits per heavy atom. The van der Waals surface area contributed by atoms with Gasteiger partial charge in [0.15, 0.2) is 6.29 Å². The van der Waals surface area contributed by atoms with Gasteiger partial charge < -0.3 is 9.47 Å². The summed E-state index contributed by atoms with van der Waals surface area (Å²) in [5, 5.41) is 4.34. The minimum atomic E-state index is 0.140. The highest BCUT2D eigenvalue weighted by atomic mass is 16.5.